The van der Waals surface area contributed by atoms with Gasteiger partial charge in [-0.15, -0.1) is 0 Å². The van der Waals surface area contributed by atoms with E-state index in [0.29, 0.717) is 28.6 Å². The SMILES string of the molecule is CCCNC(=O)[C@H](CC)N(Cc1ccccc1Cl)C(=O)CN(c1ccc(C)c(Cl)c1)S(=O)(=O)c1ccccc1. The average Bonchev–Trinajstić information content (AvgIpc) is 2.93. The van der Waals surface area contributed by atoms with Crippen LogP contribution in [0.5, 0.6) is 0 Å². The van der Waals surface area contributed by atoms with E-state index < -0.39 is 28.5 Å². The Morgan fingerprint density at radius 3 is 2.21 bits per heavy atom. The van der Waals surface area contributed by atoms with E-state index in [1.165, 1.54) is 23.1 Å². The normalized spacial score (nSPS) is 12.0. The molecule has 0 radical (unpaired) electrons. The number of anilines is 1. The zero-order chi connectivity index (χ0) is 28.6. The molecule has 3 aromatic carbocycles. The van der Waals surface area contributed by atoms with Gasteiger partial charge in [0.15, 0.2) is 0 Å². The van der Waals surface area contributed by atoms with Gasteiger partial charge in [-0.05, 0) is 61.2 Å². The zero-order valence-corrected chi connectivity index (χ0v) is 24.6. The summed E-state index contributed by atoms with van der Waals surface area (Å²) in [6.07, 6.45) is 1.06. The molecule has 2 amide bonds. The second kappa shape index (κ2) is 13.8. The van der Waals surface area contributed by atoms with Crippen LogP contribution in [0.25, 0.3) is 0 Å². The number of halogens is 2. The number of hydrogen-bond acceptors (Lipinski definition) is 4. The lowest BCUT2D eigenvalue weighted by Crippen LogP contribution is -2.52. The molecular weight excluding hydrogens is 557 g/mol. The molecule has 10 heteroatoms. The van der Waals surface area contributed by atoms with E-state index in [4.69, 9.17) is 23.2 Å². The highest BCUT2D eigenvalue weighted by molar-refractivity contribution is 7.92. The van der Waals surface area contributed by atoms with E-state index in [9.17, 15) is 18.0 Å². The van der Waals surface area contributed by atoms with Crippen LogP contribution in [0.1, 0.15) is 37.8 Å². The number of amides is 2. The number of sulfonamides is 1. The predicted octanol–water partition coefficient (Wildman–Crippen LogP) is 5.83. The van der Waals surface area contributed by atoms with Crippen LogP contribution in [-0.2, 0) is 26.2 Å². The molecule has 0 heterocycles. The van der Waals surface area contributed by atoms with Crippen molar-refractivity contribution in [1.29, 1.82) is 0 Å². The largest absolute Gasteiger partial charge is 0.354 e. The molecule has 0 aromatic heterocycles. The van der Waals surface area contributed by atoms with E-state index >= 15 is 0 Å². The first kappa shape index (κ1) is 30.5. The van der Waals surface area contributed by atoms with Crippen molar-refractivity contribution in [2.75, 3.05) is 17.4 Å². The molecule has 39 heavy (non-hydrogen) atoms. The highest BCUT2D eigenvalue weighted by Crippen LogP contribution is 2.29. The van der Waals surface area contributed by atoms with E-state index in [1.807, 2.05) is 6.92 Å². The molecule has 0 bridgehead atoms. The Kier molecular flexibility index (Phi) is 10.8. The van der Waals surface area contributed by atoms with Crippen LogP contribution in [0.2, 0.25) is 10.0 Å². The summed E-state index contributed by atoms with van der Waals surface area (Å²) in [5.41, 5.74) is 1.65. The van der Waals surface area contributed by atoms with Gasteiger partial charge in [0.1, 0.15) is 12.6 Å². The fourth-order valence-corrected chi connectivity index (χ4v) is 5.88. The molecule has 0 spiro atoms. The maximum absolute atomic E-state index is 14.0. The van der Waals surface area contributed by atoms with Crippen LogP contribution in [0.3, 0.4) is 0 Å². The third-order valence-corrected chi connectivity index (χ3v) is 8.85. The molecule has 1 N–H and O–H groups in total. The molecule has 0 aliphatic heterocycles. The molecule has 3 rings (SSSR count). The summed E-state index contributed by atoms with van der Waals surface area (Å²) >= 11 is 12.8. The lowest BCUT2D eigenvalue weighted by Gasteiger charge is -2.33. The number of carbonyl (C=O) groups is 2. The van der Waals surface area contributed by atoms with Gasteiger partial charge in [0.25, 0.3) is 10.0 Å². The van der Waals surface area contributed by atoms with Gasteiger partial charge in [-0.3, -0.25) is 13.9 Å². The highest BCUT2D eigenvalue weighted by Gasteiger charge is 2.34. The molecule has 1 atom stereocenters. The molecule has 0 aliphatic rings. The lowest BCUT2D eigenvalue weighted by atomic mass is 10.1. The Hall–Kier alpha value is -3.07. The van der Waals surface area contributed by atoms with Crippen molar-refractivity contribution in [3.63, 3.8) is 0 Å². The topological polar surface area (TPSA) is 86.8 Å². The Labute approximate surface area is 240 Å². The average molecular weight is 591 g/mol. The maximum Gasteiger partial charge on any atom is 0.264 e. The Bertz CT molecular complexity index is 1400. The fourth-order valence-electron chi connectivity index (χ4n) is 4.08. The molecule has 0 aliphatic carbocycles. The van der Waals surface area contributed by atoms with Crippen molar-refractivity contribution >= 4 is 50.7 Å². The van der Waals surface area contributed by atoms with E-state index in [0.717, 1.165) is 16.3 Å². The number of rotatable bonds is 12. The molecule has 0 saturated heterocycles. The van der Waals surface area contributed by atoms with Crippen LogP contribution >= 0.6 is 23.2 Å². The van der Waals surface area contributed by atoms with Gasteiger partial charge < -0.3 is 10.2 Å². The highest BCUT2D eigenvalue weighted by atomic mass is 35.5. The van der Waals surface area contributed by atoms with Gasteiger partial charge in [-0.1, -0.05) is 79.5 Å². The van der Waals surface area contributed by atoms with Crippen LogP contribution in [-0.4, -0.2) is 44.3 Å². The van der Waals surface area contributed by atoms with Crippen LogP contribution in [0, 0.1) is 6.92 Å². The van der Waals surface area contributed by atoms with Crippen molar-refractivity contribution in [3.8, 4) is 0 Å². The van der Waals surface area contributed by atoms with Crippen molar-refractivity contribution in [2.24, 2.45) is 0 Å². The summed E-state index contributed by atoms with van der Waals surface area (Å²) in [6.45, 7) is 5.50. The summed E-state index contributed by atoms with van der Waals surface area (Å²) in [7, 11) is -4.16. The van der Waals surface area contributed by atoms with E-state index in [2.05, 4.69) is 5.32 Å². The minimum atomic E-state index is -4.16. The second-order valence-electron chi connectivity index (χ2n) is 9.09. The Morgan fingerprint density at radius 2 is 1.59 bits per heavy atom. The van der Waals surface area contributed by atoms with E-state index in [-0.39, 0.29) is 23.0 Å². The van der Waals surface area contributed by atoms with Gasteiger partial charge in [0.2, 0.25) is 11.8 Å². The number of nitrogens with zero attached hydrogens (tertiary/aromatic N) is 2. The lowest BCUT2D eigenvalue weighted by molar-refractivity contribution is -0.140. The minimum absolute atomic E-state index is 0.0277. The van der Waals surface area contributed by atoms with Crippen LogP contribution < -0.4 is 9.62 Å². The van der Waals surface area contributed by atoms with Gasteiger partial charge in [0.05, 0.1) is 10.6 Å². The number of nitrogens with one attached hydrogen (secondary N) is 1. The van der Waals surface area contributed by atoms with E-state index in [1.54, 1.807) is 68.4 Å². The number of benzene rings is 3. The Morgan fingerprint density at radius 1 is 0.923 bits per heavy atom. The third-order valence-electron chi connectivity index (χ3n) is 6.29. The number of aryl methyl sites for hydroxylation is 1. The van der Waals surface area contributed by atoms with Crippen LogP contribution in [0.15, 0.2) is 77.7 Å². The summed E-state index contributed by atoms with van der Waals surface area (Å²) in [5.74, 6) is -0.861. The molecular formula is C29H33Cl2N3O4S. The fraction of sp³-hybridized carbons (Fsp3) is 0.310. The summed E-state index contributed by atoms with van der Waals surface area (Å²) in [6, 6.07) is 18.9. The van der Waals surface area contributed by atoms with Crippen molar-refractivity contribution < 1.29 is 18.0 Å². The van der Waals surface area contributed by atoms with Crippen molar-refractivity contribution in [3.05, 3.63) is 94.0 Å². The maximum atomic E-state index is 14.0. The van der Waals surface area contributed by atoms with Crippen molar-refractivity contribution in [2.45, 2.75) is 51.1 Å². The molecule has 0 unspecified atom stereocenters. The Balaban J connectivity index is 2.07. The van der Waals surface area contributed by atoms with Gasteiger partial charge >= 0.3 is 0 Å². The first-order valence-corrected chi connectivity index (χ1v) is 14.9. The zero-order valence-electron chi connectivity index (χ0n) is 22.2. The van der Waals surface area contributed by atoms with Gasteiger partial charge in [0, 0.05) is 23.1 Å². The monoisotopic (exact) mass is 589 g/mol. The summed E-state index contributed by atoms with van der Waals surface area (Å²) in [4.78, 5) is 28.6. The van der Waals surface area contributed by atoms with Crippen LogP contribution in [0.4, 0.5) is 5.69 Å². The first-order chi connectivity index (χ1) is 18.6. The molecule has 208 valence electrons. The van der Waals surface area contributed by atoms with Crippen molar-refractivity contribution in [1.82, 2.24) is 10.2 Å². The second-order valence-corrected chi connectivity index (χ2v) is 11.8. The number of carbonyl (C=O) groups excluding carboxylic acids is 2. The smallest absolute Gasteiger partial charge is 0.264 e. The molecule has 0 saturated carbocycles. The quantitative estimate of drug-likeness (QED) is 0.288. The van der Waals surface area contributed by atoms with Gasteiger partial charge in [-0.25, -0.2) is 8.42 Å². The molecule has 3 aromatic rings. The molecule has 0 fully saturated rings. The molecule has 7 nitrogen and oxygen atoms in total. The first-order valence-electron chi connectivity index (χ1n) is 12.7. The predicted molar refractivity (Wildman–Crippen MR) is 157 cm³/mol. The van der Waals surface area contributed by atoms with Gasteiger partial charge in [-0.2, -0.15) is 0 Å². The summed E-state index contributed by atoms with van der Waals surface area (Å²) < 4.78 is 28.7. The number of hydrogen-bond donors (Lipinski definition) is 1. The minimum Gasteiger partial charge on any atom is -0.354 e. The standard InChI is InChI=1S/C29H33Cl2N3O4S/c1-4-17-32-29(36)27(5-2)33(19-22-11-9-10-14-25(22)30)28(35)20-34(23-16-15-21(3)26(31)18-23)39(37,38)24-12-7-6-8-13-24/h6-16,18,27H,4-5,17,19-20H2,1-3H3,(H,32,36)/t27-/m0/s1. The third kappa shape index (κ3) is 7.53. The summed E-state index contributed by atoms with van der Waals surface area (Å²) in [5, 5.41) is 3.67.